The molecule has 0 aromatic heterocycles. The van der Waals surface area contributed by atoms with Crippen LogP contribution in [0.4, 0.5) is 0 Å². The lowest BCUT2D eigenvalue weighted by Gasteiger charge is -2.36. The second kappa shape index (κ2) is 7.49. The Morgan fingerprint density at radius 2 is 2.18 bits per heavy atom. The molecule has 102 valence electrons. The molecule has 1 aliphatic heterocycles. The monoisotopic (exact) mass is 260 g/mol. The lowest BCUT2D eigenvalue weighted by atomic mass is 9.97. The van der Waals surface area contributed by atoms with Gasteiger partial charge in [0.2, 0.25) is 0 Å². The van der Waals surface area contributed by atoms with Gasteiger partial charge in [0.1, 0.15) is 0 Å². The first-order valence-corrected chi connectivity index (χ1v) is 8.44. The smallest absolute Gasteiger partial charge is 0.0329 e. The van der Waals surface area contributed by atoms with Crippen LogP contribution in [0.3, 0.4) is 0 Å². The maximum absolute atomic E-state index is 11.3. The molecule has 0 aliphatic carbocycles. The van der Waals surface area contributed by atoms with E-state index in [1.165, 1.54) is 6.42 Å². The Morgan fingerprint density at radius 3 is 2.76 bits per heavy atom. The molecule has 3 nitrogen and oxygen atoms in total. The standard InChI is InChI=1S/C13H28N2OS/c1-5-11(2)13-10-15(9-7-14-13)8-6-12(3)17(4)16/h11-14H,5-10H2,1-4H3. The Hall–Kier alpha value is 0.0700. The SMILES string of the molecule is CCC(C)C1CN(CCC(C)S(C)=O)CCN1. The van der Waals surface area contributed by atoms with Gasteiger partial charge >= 0.3 is 0 Å². The summed E-state index contributed by atoms with van der Waals surface area (Å²) in [5.41, 5.74) is 0. The molecule has 4 unspecified atom stereocenters. The first-order valence-electron chi connectivity index (χ1n) is 6.82. The Balaban J connectivity index is 2.32. The molecule has 1 N–H and O–H groups in total. The third-order valence-corrected chi connectivity index (χ3v) is 5.41. The summed E-state index contributed by atoms with van der Waals surface area (Å²) in [5.74, 6) is 0.746. The maximum Gasteiger partial charge on any atom is 0.0329 e. The predicted octanol–water partition coefficient (Wildman–Crippen LogP) is 1.46. The van der Waals surface area contributed by atoms with Gasteiger partial charge in [-0.1, -0.05) is 27.2 Å². The van der Waals surface area contributed by atoms with E-state index in [4.69, 9.17) is 0 Å². The van der Waals surface area contributed by atoms with Crippen LogP contribution in [0.2, 0.25) is 0 Å². The number of piperazine rings is 1. The summed E-state index contributed by atoms with van der Waals surface area (Å²) in [4.78, 5) is 2.52. The Morgan fingerprint density at radius 1 is 1.47 bits per heavy atom. The highest BCUT2D eigenvalue weighted by molar-refractivity contribution is 7.84. The molecule has 0 spiro atoms. The first kappa shape index (κ1) is 15.1. The minimum Gasteiger partial charge on any atom is -0.311 e. The van der Waals surface area contributed by atoms with Gasteiger partial charge < -0.3 is 10.2 Å². The van der Waals surface area contributed by atoms with Crippen molar-refractivity contribution in [2.75, 3.05) is 32.4 Å². The minimum atomic E-state index is -0.676. The quantitative estimate of drug-likeness (QED) is 0.785. The third-order valence-electron chi connectivity index (χ3n) is 4.04. The molecule has 0 radical (unpaired) electrons. The normalized spacial score (nSPS) is 27.6. The molecule has 4 heteroatoms. The molecule has 1 saturated heterocycles. The Bertz CT molecular complexity index is 248. The molecular formula is C13H28N2OS. The van der Waals surface area contributed by atoms with Gasteiger partial charge in [-0.2, -0.15) is 0 Å². The van der Waals surface area contributed by atoms with Crippen LogP contribution in [0.5, 0.6) is 0 Å². The van der Waals surface area contributed by atoms with Gasteiger partial charge in [-0.15, -0.1) is 0 Å². The van der Waals surface area contributed by atoms with Crippen molar-refractivity contribution in [3.05, 3.63) is 0 Å². The van der Waals surface area contributed by atoms with Crippen molar-refractivity contribution in [2.45, 2.75) is 44.9 Å². The van der Waals surface area contributed by atoms with Gasteiger partial charge in [0.25, 0.3) is 0 Å². The summed E-state index contributed by atoms with van der Waals surface area (Å²) in [5, 5.41) is 3.93. The number of nitrogens with zero attached hydrogens (tertiary/aromatic N) is 1. The molecule has 1 heterocycles. The van der Waals surface area contributed by atoms with Crippen LogP contribution >= 0.6 is 0 Å². The second-order valence-corrected chi connectivity index (χ2v) is 7.15. The van der Waals surface area contributed by atoms with Crippen LogP contribution in [-0.4, -0.2) is 52.8 Å². The molecular weight excluding hydrogens is 232 g/mol. The van der Waals surface area contributed by atoms with E-state index in [2.05, 4.69) is 31.0 Å². The van der Waals surface area contributed by atoms with E-state index >= 15 is 0 Å². The van der Waals surface area contributed by atoms with Gasteiger partial charge in [-0.05, 0) is 18.9 Å². The maximum atomic E-state index is 11.3. The van der Waals surface area contributed by atoms with Crippen LogP contribution in [-0.2, 0) is 10.8 Å². The molecule has 0 bridgehead atoms. The highest BCUT2D eigenvalue weighted by Crippen LogP contribution is 2.13. The summed E-state index contributed by atoms with van der Waals surface area (Å²) in [7, 11) is -0.676. The van der Waals surface area contributed by atoms with Crippen molar-refractivity contribution in [2.24, 2.45) is 5.92 Å². The summed E-state index contributed by atoms with van der Waals surface area (Å²) >= 11 is 0. The highest BCUT2D eigenvalue weighted by atomic mass is 32.2. The third kappa shape index (κ3) is 5.06. The fourth-order valence-corrected chi connectivity index (χ4v) is 2.68. The van der Waals surface area contributed by atoms with E-state index in [-0.39, 0.29) is 0 Å². The summed E-state index contributed by atoms with van der Waals surface area (Å²) in [6, 6.07) is 0.635. The Kier molecular flexibility index (Phi) is 6.67. The predicted molar refractivity (Wildman–Crippen MR) is 75.8 cm³/mol. The van der Waals surface area contributed by atoms with Crippen molar-refractivity contribution in [1.29, 1.82) is 0 Å². The van der Waals surface area contributed by atoms with E-state index in [0.29, 0.717) is 11.3 Å². The molecule has 0 aromatic rings. The second-order valence-electron chi connectivity index (χ2n) is 5.34. The minimum absolute atomic E-state index is 0.326. The van der Waals surface area contributed by atoms with Gasteiger partial charge in [-0.3, -0.25) is 4.21 Å². The average molecular weight is 260 g/mol. The molecule has 0 aromatic carbocycles. The van der Waals surface area contributed by atoms with Crippen molar-refractivity contribution in [3.8, 4) is 0 Å². The van der Waals surface area contributed by atoms with Gasteiger partial charge in [-0.25, -0.2) is 0 Å². The molecule has 1 aliphatic rings. The van der Waals surface area contributed by atoms with Crippen molar-refractivity contribution in [3.63, 3.8) is 0 Å². The largest absolute Gasteiger partial charge is 0.311 e. The van der Waals surface area contributed by atoms with E-state index in [1.807, 2.05) is 6.26 Å². The first-order chi connectivity index (χ1) is 8.04. The molecule has 17 heavy (non-hydrogen) atoms. The Labute approximate surface area is 109 Å². The van der Waals surface area contributed by atoms with E-state index in [9.17, 15) is 4.21 Å². The fourth-order valence-electron chi connectivity index (χ4n) is 2.24. The van der Waals surface area contributed by atoms with Crippen molar-refractivity contribution in [1.82, 2.24) is 10.2 Å². The average Bonchev–Trinajstić information content (AvgIpc) is 2.35. The van der Waals surface area contributed by atoms with E-state index in [1.54, 1.807) is 0 Å². The van der Waals surface area contributed by atoms with Crippen LogP contribution in [0.15, 0.2) is 0 Å². The van der Waals surface area contributed by atoms with Crippen LogP contribution in [0.1, 0.15) is 33.6 Å². The van der Waals surface area contributed by atoms with Gasteiger partial charge in [0, 0.05) is 48.0 Å². The molecule has 1 rings (SSSR count). The van der Waals surface area contributed by atoms with Gasteiger partial charge in [0.15, 0.2) is 0 Å². The zero-order chi connectivity index (χ0) is 12.8. The lowest BCUT2D eigenvalue weighted by molar-refractivity contribution is 0.167. The fraction of sp³-hybridized carbons (Fsp3) is 1.00. The number of nitrogens with one attached hydrogen (secondary N) is 1. The van der Waals surface area contributed by atoms with Gasteiger partial charge in [0.05, 0.1) is 0 Å². The zero-order valence-corrected chi connectivity index (χ0v) is 12.6. The highest BCUT2D eigenvalue weighted by Gasteiger charge is 2.23. The van der Waals surface area contributed by atoms with Crippen molar-refractivity contribution >= 4 is 10.8 Å². The van der Waals surface area contributed by atoms with Crippen LogP contribution in [0, 0.1) is 5.92 Å². The van der Waals surface area contributed by atoms with E-state index in [0.717, 1.165) is 38.5 Å². The lowest BCUT2D eigenvalue weighted by Crippen LogP contribution is -2.53. The number of rotatable bonds is 6. The number of hydrogen-bond donors (Lipinski definition) is 1. The van der Waals surface area contributed by atoms with Crippen LogP contribution < -0.4 is 5.32 Å². The summed E-state index contributed by atoms with van der Waals surface area (Å²) < 4.78 is 11.3. The van der Waals surface area contributed by atoms with E-state index < -0.39 is 10.8 Å². The molecule has 0 saturated carbocycles. The summed E-state index contributed by atoms with van der Waals surface area (Å²) in [6.45, 7) is 11.1. The van der Waals surface area contributed by atoms with Crippen LogP contribution in [0.25, 0.3) is 0 Å². The van der Waals surface area contributed by atoms with Crippen molar-refractivity contribution < 1.29 is 4.21 Å². The zero-order valence-electron chi connectivity index (χ0n) is 11.7. The molecule has 1 fully saturated rings. The molecule has 0 amide bonds. The molecule has 4 atom stereocenters. The number of hydrogen-bond acceptors (Lipinski definition) is 3. The summed E-state index contributed by atoms with van der Waals surface area (Å²) in [6.07, 6.45) is 4.10. The topological polar surface area (TPSA) is 32.3 Å².